The van der Waals surface area contributed by atoms with Crippen LogP contribution >= 0.6 is 0 Å². The molecule has 0 fully saturated rings. The fourth-order valence-corrected chi connectivity index (χ4v) is 2.65. The Kier molecular flexibility index (Phi) is 24.9. The normalized spacial score (nSPS) is 10.1. The van der Waals surface area contributed by atoms with Crippen LogP contribution in [0, 0.1) is 20.5 Å². The molecule has 4 heterocycles. The van der Waals surface area contributed by atoms with Crippen molar-refractivity contribution in [1.29, 1.82) is 0 Å². The van der Waals surface area contributed by atoms with E-state index in [4.69, 9.17) is 37.3 Å². The molecule has 14 nitrogen and oxygen atoms in total. The fraction of sp³-hybridized carbons (Fsp3) is 0.167. The van der Waals surface area contributed by atoms with Crippen molar-refractivity contribution in [3.05, 3.63) is 120 Å². The Labute approximate surface area is 278 Å². The van der Waals surface area contributed by atoms with E-state index in [9.17, 15) is 0 Å². The van der Waals surface area contributed by atoms with Crippen LogP contribution < -0.4 is 47.9 Å². The molecule has 0 aromatic carbocycles. The molecule has 4 rings (SSSR count). The van der Waals surface area contributed by atoms with Crippen LogP contribution in [0.1, 0.15) is 22.8 Å². The molecule has 0 unspecified atom stereocenters. The number of rotatable bonds is 8. The number of pyridine rings is 4. The van der Waals surface area contributed by atoms with Gasteiger partial charge < -0.3 is 10.6 Å². The van der Waals surface area contributed by atoms with Gasteiger partial charge in [-0.25, -0.2) is 37.3 Å². The van der Waals surface area contributed by atoms with E-state index in [2.05, 4.69) is 30.6 Å². The fourth-order valence-electron chi connectivity index (χ4n) is 2.65. The summed E-state index contributed by atoms with van der Waals surface area (Å²) in [6, 6.07) is 23.7. The van der Waals surface area contributed by atoms with Crippen LogP contribution in [0.15, 0.2) is 97.6 Å². The van der Waals surface area contributed by atoms with E-state index >= 15 is 0 Å². The molecule has 2 N–H and O–H groups in total. The van der Waals surface area contributed by atoms with E-state index in [-0.39, 0.29) is 44.8 Å². The van der Waals surface area contributed by atoms with Crippen molar-refractivity contribution < 1.29 is 103 Å². The van der Waals surface area contributed by atoms with Crippen LogP contribution in [-0.2, 0) is 70.9 Å². The Morgan fingerprint density at radius 3 is 0.738 bits per heavy atom. The number of nitrogens with one attached hydrogen (secondary N) is 2. The number of hydrogen-bond acceptors (Lipinski definition) is 14. The van der Waals surface area contributed by atoms with E-state index in [0.717, 1.165) is 49.0 Å². The van der Waals surface area contributed by atoms with Crippen molar-refractivity contribution in [3.63, 3.8) is 0 Å². The van der Waals surface area contributed by atoms with Crippen molar-refractivity contribution in [1.82, 2.24) is 30.6 Å². The zero-order valence-electron chi connectivity index (χ0n) is 21.5. The summed E-state index contributed by atoms with van der Waals surface area (Å²) in [5, 5.41) is 6.59. The molecule has 42 heavy (non-hydrogen) atoms. The zero-order chi connectivity index (χ0) is 29.7. The summed E-state index contributed by atoms with van der Waals surface area (Å²) < 4.78 is 67.9. The van der Waals surface area contributed by atoms with Gasteiger partial charge in [0.15, 0.2) is 0 Å². The molecule has 0 saturated carbocycles. The Morgan fingerprint density at radius 2 is 0.595 bits per heavy atom. The van der Waals surface area contributed by atoms with Crippen molar-refractivity contribution >= 4 is 0 Å². The number of nitrogens with zero attached hydrogens (tertiary/aromatic N) is 4. The van der Waals surface area contributed by atoms with Gasteiger partial charge >= 0.3 is 44.8 Å². The average Bonchev–Trinajstić information content (AvgIpc) is 2.90. The van der Waals surface area contributed by atoms with Gasteiger partial charge in [-0.1, -0.05) is 24.3 Å². The van der Waals surface area contributed by atoms with Crippen molar-refractivity contribution in [2.24, 2.45) is 0 Å². The molecule has 0 amide bonds. The molecule has 0 aliphatic heterocycles. The van der Waals surface area contributed by atoms with E-state index < -0.39 is 20.5 Å². The predicted molar refractivity (Wildman–Crippen MR) is 118 cm³/mol. The molecular weight excluding hydrogens is 787 g/mol. The summed E-state index contributed by atoms with van der Waals surface area (Å²) >= 11 is 0. The summed E-state index contributed by atoms with van der Waals surface area (Å²) in [4.78, 5) is 16.9. The first kappa shape index (κ1) is 42.4. The van der Waals surface area contributed by atoms with E-state index in [1.54, 1.807) is 24.8 Å². The number of hydrogen-bond donors (Lipinski definition) is 2. The number of halogens is 2. The molecule has 0 saturated heterocycles. The smallest absolute Gasteiger partial charge is 0.306 e. The van der Waals surface area contributed by atoms with Gasteiger partial charge in [0.2, 0.25) is 0 Å². The summed E-state index contributed by atoms with van der Waals surface area (Å²) in [6.07, 6.45) is 7.21. The third-order valence-electron chi connectivity index (χ3n) is 4.13. The predicted octanol–water partition coefficient (Wildman–Crippen LogP) is -5.98. The standard InChI is InChI=1S/2C12H13N3.2Ag.2ClHO4/c2*1-3-7-14-11(5-1)9-13-10-12-6-2-4-8-15-12;;;2*2-1(3,4)5/h2*1-8,13H,9-10H2;;;2*(H,2,3,4,5)/q;;2*+1;;/p-2. The van der Waals surface area contributed by atoms with Gasteiger partial charge in [0, 0.05) is 51.0 Å². The SMILES string of the molecule is [Ag+].[Ag+].[O-][Cl+3]([O-])([O-])[O-].[O-][Cl+3]([O-])([O-])[O-].c1ccc(CNCc2ccccn2)nc1.c1ccc(CNCc2ccccn2)nc1. The third kappa shape index (κ3) is 29.7. The van der Waals surface area contributed by atoms with Crippen molar-refractivity contribution in [3.8, 4) is 0 Å². The molecule has 0 aliphatic rings. The molecule has 0 aliphatic carbocycles. The van der Waals surface area contributed by atoms with Gasteiger partial charge in [-0.05, 0) is 48.5 Å². The maximum atomic E-state index is 8.49. The van der Waals surface area contributed by atoms with Gasteiger partial charge in [-0.3, -0.25) is 19.9 Å². The Bertz CT molecular complexity index is 972. The van der Waals surface area contributed by atoms with Crippen molar-refractivity contribution in [2.75, 3.05) is 0 Å². The Morgan fingerprint density at radius 1 is 0.405 bits per heavy atom. The molecule has 0 bridgehead atoms. The van der Waals surface area contributed by atoms with Gasteiger partial charge in [0.05, 0.1) is 22.8 Å². The summed E-state index contributed by atoms with van der Waals surface area (Å²) in [5.74, 6) is 0. The molecule has 4 aromatic rings. The largest absolute Gasteiger partial charge is 1.00 e. The van der Waals surface area contributed by atoms with Gasteiger partial charge in [0.25, 0.3) is 0 Å². The molecule has 0 spiro atoms. The maximum Gasteiger partial charge on any atom is 1.00 e. The molecule has 18 heteroatoms. The van der Waals surface area contributed by atoms with Gasteiger partial charge in [-0.15, -0.1) is 20.5 Å². The monoisotopic (exact) mass is 810 g/mol. The second-order valence-electron chi connectivity index (χ2n) is 7.25. The second-order valence-corrected chi connectivity index (χ2v) is 8.76. The minimum Gasteiger partial charge on any atom is -0.306 e. The van der Waals surface area contributed by atoms with Crippen LogP contribution in [0.2, 0.25) is 0 Å². The summed E-state index contributed by atoms with van der Waals surface area (Å²) in [5.41, 5.74) is 4.20. The minimum atomic E-state index is -4.94. The Hall–Kier alpha value is -1.74. The quantitative estimate of drug-likeness (QED) is 0.157. The van der Waals surface area contributed by atoms with Crippen LogP contribution in [0.3, 0.4) is 0 Å². The van der Waals surface area contributed by atoms with Crippen LogP contribution in [0.5, 0.6) is 0 Å². The summed E-state index contributed by atoms with van der Waals surface area (Å²) in [6.45, 7) is 3.10. The molecule has 236 valence electrons. The minimum absolute atomic E-state index is 0. The maximum absolute atomic E-state index is 8.49. The van der Waals surface area contributed by atoms with Crippen LogP contribution in [0.25, 0.3) is 0 Å². The first-order valence-corrected chi connectivity index (χ1v) is 13.6. The van der Waals surface area contributed by atoms with Crippen LogP contribution in [-0.4, -0.2) is 19.9 Å². The van der Waals surface area contributed by atoms with Gasteiger partial charge in [-0.2, -0.15) is 0 Å². The first-order chi connectivity index (χ1) is 18.9. The zero-order valence-corrected chi connectivity index (χ0v) is 26.0. The second kappa shape index (κ2) is 24.7. The Balaban J connectivity index is 0. The summed E-state index contributed by atoms with van der Waals surface area (Å²) in [7, 11) is -9.89. The number of aromatic nitrogens is 4. The molecular formula is C24H26Ag2Cl2N6O8. The molecule has 0 radical (unpaired) electrons. The van der Waals surface area contributed by atoms with E-state index in [0.29, 0.717) is 0 Å². The van der Waals surface area contributed by atoms with E-state index in [1.807, 2.05) is 72.8 Å². The topological polar surface area (TPSA) is 260 Å². The third-order valence-corrected chi connectivity index (χ3v) is 4.13. The van der Waals surface area contributed by atoms with Crippen LogP contribution in [0.4, 0.5) is 0 Å². The molecule has 0 atom stereocenters. The average molecular weight is 813 g/mol. The van der Waals surface area contributed by atoms with E-state index in [1.165, 1.54) is 0 Å². The first-order valence-electron chi connectivity index (χ1n) is 11.1. The molecule has 4 aromatic heterocycles. The van der Waals surface area contributed by atoms with Gasteiger partial charge in [0.1, 0.15) is 0 Å². The van der Waals surface area contributed by atoms with Crippen molar-refractivity contribution in [2.45, 2.75) is 26.2 Å².